The van der Waals surface area contributed by atoms with E-state index in [2.05, 4.69) is 84.0 Å². The number of nitrogens with zero attached hydrogens (tertiary/aromatic N) is 2. The highest BCUT2D eigenvalue weighted by Crippen LogP contribution is 2.46. The molecule has 0 saturated carbocycles. The number of fused-ring (bicyclic) bond motifs is 2. The van der Waals surface area contributed by atoms with Crippen LogP contribution in [-0.4, -0.2) is 13.7 Å². The number of allylic oxidation sites excluding steroid dienone is 1. The Morgan fingerprint density at radius 2 is 1.89 bits per heavy atom. The van der Waals surface area contributed by atoms with Gasteiger partial charge in [-0.25, -0.2) is 0 Å². The Hall–Kier alpha value is -2.24. The van der Waals surface area contributed by atoms with Gasteiger partial charge in [0.25, 0.3) is 5.01 Å². The molecule has 3 aromatic rings. The number of benzene rings is 2. The van der Waals surface area contributed by atoms with Crippen molar-refractivity contribution >= 4 is 45.1 Å². The first-order chi connectivity index (χ1) is 13.2. The third kappa shape index (κ3) is 3.37. The van der Waals surface area contributed by atoms with Crippen LogP contribution in [0, 0.1) is 0 Å². The number of ether oxygens (including phenoxy) is 1. The molecule has 27 heavy (non-hydrogen) atoms. The first-order valence-corrected chi connectivity index (χ1v) is 10.8. The lowest BCUT2D eigenvalue weighted by Gasteiger charge is -2.18. The maximum Gasteiger partial charge on any atom is 0.266 e. The van der Waals surface area contributed by atoms with E-state index in [1.807, 2.05) is 0 Å². The van der Waals surface area contributed by atoms with Gasteiger partial charge < -0.3 is 9.64 Å². The smallest absolute Gasteiger partial charge is 0.266 e. The summed E-state index contributed by atoms with van der Waals surface area (Å²) >= 11 is 3.60. The van der Waals surface area contributed by atoms with Crippen LogP contribution in [0.25, 0.3) is 16.3 Å². The van der Waals surface area contributed by atoms with E-state index >= 15 is 0 Å². The molecule has 2 heterocycles. The SMILES string of the molecule is CCN1/C(=C/C(=C/c2sc3ccccc3[n+]2CC)OC)Sc2ccccc21. The van der Waals surface area contributed by atoms with Crippen LogP contribution in [0.3, 0.4) is 0 Å². The Kier molecular flexibility index (Phi) is 5.23. The zero-order valence-corrected chi connectivity index (χ0v) is 17.4. The zero-order chi connectivity index (χ0) is 18.8. The van der Waals surface area contributed by atoms with Gasteiger partial charge in [0, 0.05) is 23.6 Å². The Morgan fingerprint density at radius 1 is 1.11 bits per heavy atom. The molecule has 0 aliphatic carbocycles. The molecule has 0 saturated heterocycles. The molecule has 5 heteroatoms. The summed E-state index contributed by atoms with van der Waals surface area (Å²) in [6.45, 7) is 6.24. The number of aryl methyl sites for hydroxylation is 1. The molecule has 0 unspecified atom stereocenters. The molecule has 0 radical (unpaired) electrons. The fraction of sp³-hybridized carbons (Fsp3) is 0.227. The minimum atomic E-state index is 0.873. The second kappa shape index (κ2) is 7.79. The number of anilines is 1. The molecule has 0 spiro atoms. The maximum absolute atomic E-state index is 5.74. The Balaban J connectivity index is 1.74. The number of methoxy groups -OCH3 is 1. The summed E-state index contributed by atoms with van der Waals surface area (Å²) in [5.41, 5.74) is 2.55. The monoisotopic (exact) mass is 395 g/mol. The topological polar surface area (TPSA) is 16.4 Å². The van der Waals surface area contributed by atoms with Crippen LogP contribution in [0.1, 0.15) is 18.9 Å². The molecule has 1 aromatic heterocycles. The number of aromatic nitrogens is 1. The average Bonchev–Trinajstić information content (AvgIpc) is 3.23. The van der Waals surface area contributed by atoms with Crippen LogP contribution in [0.4, 0.5) is 5.69 Å². The molecule has 2 aromatic carbocycles. The molecular weight excluding hydrogens is 372 g/mol. The van der Waals surface area contributed by atoms with Crippen LogP contribution in [0.2, 0.25) is 0 Å². The third-order valence-corrected chi connectivity index (χ3v) is 6.90. The van der Waals surface area contributed by atoms with Crippen molar-refractivity contribution in [1.29, 1.82) is 0 Å². The van der Waals surface area contributed by atoms with Crippen molar-refractivity contribution in [3.63, 3.8) is 0 Å². The van der Waals surface area contributed by atoms with Crippen LogP contribution >= 0.6 is 23.1 Å². The molecule has 0 N–H and O–H groups in total. The van der Waals surface area contributed by atoms with Gasteiger partial charge in [0.2, 0.25) is 5.52 Å². The molecule has 0 atom stereocenters. The summed E-state index contributed by atoms with van der Waals surface area (Å²) in [5.74, 6) is 0.873. The molecule has 4 rings (SSSR count). The standard InChI is InChI=1S/C22H23N2OS2/c1-4-23-17-10-6-8-12-19(17)26-21(23)14-16(25-3)15-22-24(5-2)18-11-7-9-13-20(18)27-22/h6-15H,4-5H2,1-3H3/q+1. The van der Waals surface area contributed by atoms with Crippen molar-refractivity contribution in [3.8, 4) is 0 Å². The van der Waals surface area contributed by atoms with E-state index in [1.165, 1.54) is 30.8 Å². The second-order valence-corrected chi connectivity index (χ2v) is 8.32. The van der Waals surface area contributed by atoms with Crippen LogP contribution < -0.4 is 9.47 Å². The fourth-order valence-corrected chi connectivity index (χ4v) is 5.71. The predicted octanol–water partition coefficient (Wildman–Crippen LogP) is 5.67. The van der Waals surface area contributed by atoms with Crippen LogP contribution in [-0.2, 0) is 11.3 Å². The summed E-state index contributed by atoms with van der Waals surface area (Å²) in [6, 6.07) is 17.1. The highest BCUT2D eigenvalue weighted by Gasteiger charge is 2.24. The van der Waals surface area contributed by atoms with Crippen molar-refractivity contribution in [3.05, 3.63) is 70.4 Å². The van der Waals surface area contributed by atoms with E-state index in [4.69, 9.17) is 4.74 Å². The minimum Gasteiger partial charge on any atom is -0.496 e. The Labute approximate surface area is 168 Å². The molecule has 0 fully saturated rings. The average molecular weight is 396 g/mol. The quantitative estimate of drug-likeness (QED) is 0.409. The number of rotatable bonds is 5. The first kappa shape index (κ1) is 18.1. The van der Waals surface area contributed by atoms with Crippen molar-refractivity contribution in [2.24, 2.45) is 0 Å². The molecule has 1 aliphatic heterocycles. The fourth-order valence-electron chi connectivity index (χ4n) is 3.38. The number of thioether (sulfide) groups is 1. The van der Waals surface area contributed by atoms with E-state index in [1.54, 1.807) is 30.2 Å². The summed E-state index contributed by atoms with van der Waals surface area (Å²) in [4.78, 5) is 3.64. The lowest BCUT2D eigenvalue weighted by Crippen LogP contribution is -2.33. The minimum absolute atomic E-state index is 0.873. The van der Waals surface area contributed by atoms with Gasteiger partial charge in [0.15, 0.2) is 0 Å². The number of thiazole rings is 1. The van der Waals surface area contributed by atoms with Crippen molar-refractivity contribution < 1.29 is 9.30 Å². The van der Waals surface area contributed by atoms with Gasteiger partial charge in [0.05, 0.1) is 23.9 Å². The van der Waals surface area contributed by atoms with E-state index in [0.29, 0.717) is 0 Å². The Morgan fingerprint density at radius 3 is 2.67 bits per heavy atom. The summed E-state index contributed by atoms with van der Waals surface area (Å²) < 4.78 is 9.38. The van der Waals surface area contributed by atoms with Gasteiger partial charge in [-0.1, -0.05) is 47.4 Å². The van der Waals surface area contributed by atoms with Gasteiger partial charge in [0.1, 0.15) is 17.0 Å². The molecule has 3 nitrogen and oxygen atoms in total. The highest BCUT2D eigenvalue weighted by molar-refractivity contribution is 8.03. The lowest BCUT2D eigenvalue weighted by molar-refractivity contribution is -0.665. The van der Waals surface area contributed by atoms with E-state index < -0.39 is 0 Å². The molecule has 1 aliphatic rings. The van der Waals surface area contributed by atoms with Gasteiger partial charge in [-0.05, 0) is 32.0 Å². The molecule has 0 amide bonds. The molecular formula is C22H23N2OS2+. The third-order valence-electron chi connectivity index (χ3n) is 4.67. The zero-order valence-electron chi connectivity index (χ0n) is 15.8. The Bertz CT molecular complexity index is 1040. The van der Waals surface area contributed by atoms with Gasteiger partial charge in [-0.3, -0.25) is 0 Å². The lowest BCUT2D eigenvalue weighted by atomic mass is 10.3. The largest absolute Gasteiger partial charge is 0.496 e. The van der Waals surface area contributed by atoms with Crippen molar-refractivity contribution in [1.82, 2.24) is 0 Å². The normalized spacial score (nSPS) is 15.6. The number of hydrogen-bond acceptors (Lipinski definition) is 4. The van der Waals surface area contributed by atoms with E-state index in [-0.39, 0.29) is 0 Å². The second-order valence-electron chi connectivity index (χ2n) is 6.20. The molecule has 138 valence electrons. The predicted molar refractivity (Wildman–Crippen MR) is 116 cm³/mol. The number of para-hydroxylation sites is 2. The highest BCUT2D eigenvalue weighted by atomic mass is 32.2. The summed E-state index contributed by atoms with van der Waals surface area (Å²) in [7, 11) is 1.75. The van der Waals surface area contributed by atoms with Gasteiger partial charge in [-0.2, -0.15) is 4.57 Å². The molecule has 0 bridgehead atoms. The summed E-state index contributed by atoms with van der Waals surface area (Å²) in [6.07, 6.45) is 4.30. The van der Waals surface area contributed by atoms with Crippen LogP contribution in [0.5, 0.6) is 0 Å². The van der Waals surface area contributed by atoms with E-state index in [0.717, 1.165) is 18.8 Å². The van der Waals surface area contributed by atoms with E-state index in [9.17, 15) is 0 Å². The first-order valence-electron chi connectivity index (χ1n) is 9.18. The van der Waals surface area contributed by atoms with Crippen molar-refractivity contribution in [2.45, 2.75) is 25.3 Å². The summed E-state index contributed by atoms with van der Waals surface area (Å²) in [5, 5.41) is 2.41. The van der Waals surface area contributed by atoms with Crippen LogP contribution in [0.15, 0.2) is 70.3 Å². The van der Waals surface area contributed by atoms with Gasteiger partial charge >= 0.3 is 0 Å². The van der Waals surface area contributed by atoms with Gasteiger partial charge in [-0.15, -0.1) is 0 Å². The maximum atomic E-state index is 5.74. The van der Waals surface area contributed by atoms with Crippen molar-refractivity contribution in [2.75, 3.05) is 18.6 Å². The number of hydrogen-bond donors (Lipinski definition) is 0.